The van der Waals surface area contributed by atoms with E-state index in [0.717, 1.165) is 13.1 Å². The number of nitrogens with two attached hydrogens (primary N) is 1. The quantitative estimate of drug-likeness (QED) is 0.549. The van der Waals surface area contributed by atoms with Gasteiger partial charge in [0.1, 0.15) is 0 Å². The number of hydrogen-bond donors (Lipinski definition) is 2. The molecule has 0 atom stereocenters. The molecule has 0 spiro atoms. The third-order valence-corrected chi connectivity index (χ3v) is 2.88. The number of aromatic nitrogens is 2. The molecule has 1 aromatic rings. The van der Waals surface area contributed by atoms with Crippen LogP contribution in [0, 0.1) is 5.41 Å². The summed E-state index contributed by atoms with van der Waals surface area (Å²) in [5.74, 6) is 0.275. The summed E-state index contributed by atoms with van der Waals surface area (Å²) in [5, 5.41) is 11.4. The molecule has 88 valence electrons. The Labute approximate surface area is 95.7 Å². The van der Waals surface area contributed by atoms with Gasteiger partial charge < -0.3 is 5.73 Å². The smallest absolute Gasteiger partial charge is 0.0918 e. The Balaban J connectivity index is 1.89. The average Bonchev–Trinajstić information content (AvgIpc) is 2.98. The van der Waals surface area contributed by atoms with Crippen LogP contribution in [0.5, 0.6) is 0 Å². The summed E-state index contributed by atoms with van der Waals surface area (Å²) in [6.07, 6.45) is 7.17. The molecule has 0 aliphatic heterocycles. The molecule has 0 radical (unpaired) electrons. The predicted molar refractivity (Wildman–Crippen MR) is 63.2 cm³/mol. The first-order valence-electron chi connectivity index (χ1n) is 5.69. The Kier molecular flexibility index (Phi) is 3.24. The highest BCUT2D eigenvalue weighted by molar-refractivity contribution is 5.76. The van der Waals surface area contributed by atoms with Crippen molar-refractivity contribution < 1.29 is 0 Å². The fraction of sp³-hybridized carbons (Fsp3) is 0.636. The van der Waals surface area contributed by atoms with Crippen LogP contribution in [0.2, 0.25) is 0 Å². The summed E-state index contributed by atoms with van der Waals surface area (Å²) < 4.78 is 1.82. The van der Waals surface area contributed by atoms with E-state index in [2.05, 4.69) is 10.00 Å². The van der Waals surface area contributed by atoms with Gasteiger partial charge in [-0.25, -0.2) is 0 Å². The Morgan fingerprint density at radius 1 is 1.69 bits per heavy atom. The van der Waals surface area contributed by atoms with Gasteiger partial charge in [-0.2, -0.15) is 5.10 Å². The Morgan fingerprint density at radius 3 is 2.94 bits per heavy atom. The topological polar surface area (TPSA) is 70.9 Å². The predicted octanol–water partition coefficient (Wildman–Crippen LogP) is 0.711. The first-order chi connectivity index (χ1) is 7.65. The largest absolute Gasteiger partial charge is 0.388 e. The molecule has 1 aromatic heterocycles. The summed E-state index contributed by atoms with van der Waals surface area (Å²) in [6, 6.07) is 0.694. The van der Waals surface area contributed by atoms with E-state index >= 15 is 0 Å². The molecule has 0 bridgehead atoms. The number of amidine groups is 1. The van der Waals surface area contributed by atoms with Crippen LogP contribution >= 0.6 is 0 Å². The van der Waals surface area contributed by atoms with Crippen LogP contribution in [0.1, 0.15) is 24.8 Å². The van der Waals surface area contributed by atoms with Crippen LogP contribution in [0.3, 0.4) is 0 Å². The van der Waals surface area contributed by atoms with Crippen molar-refractivity contribution in [2.24, 2.45) is 12.8 Å². The molecule has 2 rings (SSSR count). The molecule has 16 heavy (non-hydrogen) atoms. The summed E-state index contributed by atoms with van der Waals surface area (Å²) >= 11 is 0. The van der Waals surface area contributed by atoms with Gasteiger partial charge >= 0.3 is 0 Å². The second-order valence-corrected chi connectivity index (χ2v) is 4.50. The van der Waals surface area contributed by atoms with E-state index in [1.807, 2.05) is 24.1 Å². The van der Waals surface area contributed by atoms with Gasteiger partial charge in [0.05, 0.1) is 12.0 Å². The molecular weight excluding hydrogens is 202 g/mol. The molecule has 1 fully saturated rings. The monoisotopic (exact) mass is 221 g/mol. The van der Waals surface area contributed by atoms with Crippen molar-refractivity contribution in [3.63, 3.8) is 0 Å². The second-order valence-electron chi connectivity index (χ2n) is 4.50. The Morgan fingerprint density at radius 2 is 2.44 bits per heavy atom. The lowest BCUT2D eigenvalue weighted by Crippen LogP contribution is -2.29. The normalized spacial score (nSPS) is 15.6. The zero-order valence-corrected chi connectivity index (χ0v) is 9.69. The highest BCUT2D eigenvalue weighted by Crippen LogP contribution is 2.28. The van der Waals surface area contributed by atoms with E-state index in [4.69, 9.17) is 11.1 Å². The molecule has 1 saturated carbocycles. The number of rotatable bonds is 6. The molecule has 0 saturated heterocycles. The number of nitrogens with one attached hydrogen (secondary N) is 1. The maximum atomic E-state index is 7.27. The van der Waals surface area contributed by atoms with Crippen LogP contribution in [-0.2, 0) is 13.6 Å². The van der Waals surface area contributed by atoms with Gasteiger partial charge in [0.25, 0.3) is 0 Å². The molecule has 3 N–H and O–H groups in total. The fourth-order valence-electron chi connectivity index (χ4n) is 1.88. The average molecular weight is 221 g/mol. The van der Waals surface area contributed by atoms with Gasteiger partial charge in [0.15, 0.2) is 0 Å². The first kappa shape index (κ1) is 11.1. The lowest BCUT2D eigenvalue weighted by Gasteiger charge is -2.20. The van der Waals surface area contributed by atoms with Crippen LogP contribution in [0.4, 0.5) is 0 Å². The molecule has 5 nitrogen and oxygen atoms in total. The van der Waals surface area contributed by atoms with Gasteiger partial charge in [-0.1, -0.05) is 0 Å². The molecule has 0 amide bonds. The van der Waals surface area contributed by atoms with E-state index in [1.54, 1.807) is 0 Å². The van der Waals surface area contributed by atoms with Crippen molar-refractivity contribution in [2.75, 3.05) is 6.54 Å². The van der Waals surface area contributed by atoms with Crippen LogP contribution in [-0.4, -0.2) is 33.1 Å². The number of aryl methyl sites for hydroxylation is 1. The highest BCUT2D eigenvalue weighted by Gasteiger charge is 2.28. The van der Waals surface area contributed by atoms with Crippen molar-refractivity contribution in [1.82, 2.24) is 14.7 Å². The van der Waals surface area contributed by atoms with Crippen molar-refractivity contribution in [2.45, 2.75) is 31.8 Å². The van der Waals surface area contributed by atoms with Crippen molar-refractivity contribution in [1.29, 1.82) is 5.41 Å². The SMILES string of the molecule is Cn1cc(CN(CCC(=N)N)C2CC2)cn1. The molecule has 5 heteroatoms. The summed E-state index contributed by atoms with van der Waals surface area (Å²) in [7, 11) is 1.93. The lowest BCUT2D eigenvalue weighted by atomic mass is 10.3. The molecule has 1 aliphatic carbocycles. The summed E-state index contributed by atoms with van der Waals surface area (Å²) in [4.78, 5) is 2.40. The van der Waals surface area contributed by atoms with Crippen molar-refractivity contribution in [3.8, 4) is 0 Å². The minimum Gasteiger partial charge on any atom is -0.388 e. The summed E-state index contributed by atoms with van der Waals surface area (Å²) in [5.41, 5.74) is 6.63. The number of nitrogens with zero attached hydrogens (tertiary/aromatic N) is 3. The van der Waals surface area contributed by atoms with Gasteiger partial charge in [-0.05, 0) is 12.8 Å². The third kappa shape index (κ3) is 3.06. The third-order valence-electron chi connectivity index (χ3n) is 2.88. The van der Waals surface area contributed by atoms with Crippen molar-refractivity contribution in [3.05, 3.63) is 18.0 Å². The van der Waals surface area contributed by atoms with E-state index in [-0.39, 0.29) is 5.84 Å². The number of hydrogen-bond acceptors (Lipinski definition) is 3. The van der Waals surface area contributed by atoms with Gasteiger partial charge in [0.2, 0.25) is 0 Å². The van der Waals surface area contributed by atoms with Crippen LogP contribution in [0.25, 0.3) is 0 Å². The van der Waals surface area contributed by atoms with Gasteiger partial charge in [-0.3, -0.25) is 15.0 Å². The van der Waals surface area contributed by atoms with Crippen LogP contribution < -0.4 is 5.73 Å². The standard InChI is InChI=1S/C11H19N5/c1-15-7-9(6-14-15)8-16(10-2-3-10)5-4-11(12)13/h6-7,10H,2-5,8H2,1H3,(H3,12,13). The van der Waals surface area contributed by atoms with E-state index in [0.29, 0.717) is 12.5 Å². The maximum Gasteiger partial charge on any atom is 0.0918 e. The Bertz CT molecular complexity index is 366. The maximum absolute atomic E-state index is 7.27. The Hall–Kier alpha value is -1.36. The lowest BCUT2D eigenvalue weighted by molar-refractivity contribution is 0.262. The highest BCUT2D eigenvalue weighted by atomic mass is 15.2. The molecule has 0 unspecified atom stereocenters. The molecule has 1 heterocycles. The first-order valence-corrected chi connectivity index (χ1v) is 5.69. The minimum atomic E-state index is 0.275. The van der Waals surface area contributed by atoms with E-state index < -0.39 is 0 Å². The van der Waals surface area contributed by atoms with E-state index in [9.17, 15) is 0 Å². The fourth-order valence-corrected chi connectivity index (χ4v) is 1.88. The zero-order valence-electron chi connectivity index (χ0n) is 9.69. The van der Waals surface area contributed by atoms with Gasteiger partial charge in [-0.15, -0.1) is 0 Å². The molecule has 0 aromatic carbocycles. The minimum absolute atomic E-state index is 0.275. The van der Waals surface area contributed by atoms with Crippen molar-refractivity contribution >= 4 is 5.84 Å². The zero-order chi connectivity index (χ0) is 11.5. The summed E-state index contributed by atoms with van der Waals surface area (Å²) in [6.45, 7) is 1.81. The molecule has 1 aliphatic rings. The van der Waals surface area contributed by atoms with Gasteiger partial charge in [0, 0.05) is 44.4 Å². The van der Waals surface area contributed by atoms with E-state index in [1.165, 1.54) is 18.4 Å². The second kappa shape index (κ2) is 4.65. The van der Waals surface area contributed by atoms with Crippen LogP contribution in [0.15, 0.2) is 12.4 Å². The molecular formula is C11H19N5.